The van der Waals surface area contributed by atoms with E-state index in [-0.39, 0.29) is 0 Å². The maximum atomic E-state index is 6.40. The number of nitrogens with zero attached hydrogens (tertiary/aromatic N) is 2. The Morgan fingerprint density at radius 1 is 1.06 bits per heavy atom. The molecule has 0 heterocycles. The van der Waals surface area contributed by atoms with Crippen LogP contribution in [0.3, 0.4) is 0 Å². The highest BCUT2D eigenvalue weighted by atomic mass is 32.1. The van der Waals surface area contributed by atoms with Gasteiger partial charge in [0, 0.05) is 45.6 Å². The Balaban J connectivity index is 2.39. The maximum Gasteiger partial charge on any atom is 0.132 e. The number of para-hydroxylation sites is 1. The van der Waals surface area contributed by atoms with Gasteiger partial charge in [-0.3, -0.25) is 4.99 Å². The molecule has 0 aliphatic heterocycles. The van der Waals surface area contributed by atoms with Gasteiger partial charge in [-0.15, -0.1) is 0 Å². The zero-order valence-corrected chi connectivity index (χ0v) is 19.9. The smallest absolute Gasteiger partial charge is 0.132 e. The summed E-state index contributed by atoms with van der Waals surface area (Å²) >= 11 is 5.59. The van der Waals surface area contributed by atoms with E-state index in [1.165, 1.54) is 0 Å². The molecule has 0 bridgehead atoms. The quantitative estimate of drug-likeness (QED) is 0.196. The molecule has 2 aromatic rings. The van der Waals surface area contributed by atoms with Crippen LogP contribution in [0, 0.1) is 5.92 Å². The van der Waals surface area contributed by atoms with Gasteiger partial charge in [0.05, 0.1) is 5.57 Å². The van der Waals surface area contributed by atoms with Crippen LogP contribution in [0.1, 0.15) is 19.4 Å². The Hall–Kier alpha value is -3.06. The van der Waals surface area contributed by atoms with Crippen LogP contribution in [-0.4, -0.2) is 38.5 Å². The molecule has 0 atom stereocenters. The lowest BCUT2D eigenvalue weighted by molar-refractivity contribution is 0.665. The second-order valence-corrected chi connectivity index (χ2v) is 8.26. The van der Waals surface area contributed by atoms with Crippen molar-refractivity contribution in [3.8, 4) is 0 Å². The van der Waals surface area contributed by atoms with Crippen LogP contribution in [0.15, 0.2) is 71.0 Å². The van der Waals surface area contributed by atoms with E-state index < -0.39 is 0 Å². The first-order chi connectivity index (χ1) is 14.8. The number of aliphatic imine (C=N–C) groups is 1. The molecule has 0 aliphatic rings. The molecule has 0 unspecified atom stereocenters. The van der Waals surface area contributed by atoms with Crippen molar-refractivity contribution in [1.29, 1.82) is 0 Å². The molecule has 0 aliphatic carbocycles. The SMILES string of the molecule is CNC(=S)/C(C(N)=NCC(C)C)=C(/NCc1ccc(N(C)C)cc1)Nc1ccccc1. The first-order valence-corrected chi connectivity index (χ1v) is 10.8. The largest absolute Gasteiger partial charge is 0.383 e. The lowest BCUT2D eigenvalue weighted by atomic mass is 10.1. The van der Waals surface area contributed by atoms with Crippen molar-refractivity contribution in [2.45, 2.75) is 20.4 Å². The van der Waals surface area contributed by atoms with Gasteiger partial charge in [-0.2, -0.15) is 0 Å². The molecule has 0 aromatic heterocycles. The molecule has 2 rings (SSSR count). The van der Waals surface area contributed by atoms with Crippen molar-refractivity contribution < 1.29 is 0 Å². The summed E-state index contributed by atoms with van der Waals surface area (Å²) in [5.41, 5.74) is 10.3. The van der Waals surface area contributed by atoms with Crippen LogP contribution in [0.2, 0.25) is 0 Å². The Morgan fingerprint density at radius 3 is 2.26 bits per heavy atom. The molecular formula is C24H34N6S. The van der Waals surface area contributed by atoms with E-state index in [9.17, 15) is 0 Å². The second kappa shape index (κ2) is 12.0. The molecule has 0 spiro atoms. The van der Waals surface area contributed by atoms with Crippen LogP contribution >= 0.6 is 12.2 Å². The molecule has 0 saturated heterocycles. The van der Waals surface area contributed by atoms with Crippen LogP contribution in [-0.2, 0) is 6.54 Å². The Labute approximate surface area is 191 Å². The molecule has 7 heteroatoms. The third-order valence-electron chi connectivity index (χ3n) is 4.55. The van der Waals surface area contributed by atoms with Gasteiger partial charge in [0.15, 0.2) is 0 Å². The van der Waals surface area contributed by atoms with Crippen LogP contribution in [0.4, 0.5) is 11.4 Å². The van der Waals surface area contributed by atoms with Crippen LogP contribution < -0.4 is 26.6 Å². The third-order valence-corrected chi connectivity index (χ3v) is 4.96. The van der Waals surface area contributed by atoms with Gasteiger partial charge < -0.3 is 26.6 Å². The van der Waals surface area contributed by atoms with Crippen molar-refractivity contribution in [1.82, 2.24) is 10.6 Å². The van der Waals surface area contributed by atoms with Crippen molar-refractivity contribution in [3.05, 3.63) is 71.6 Å². The number of thiocarbonyl (C=S) groups is 1. The summed E-state index contributed by atoms with van der Waals surface area (Å²) in [7, 11) is 5.85. The number of amidine groups is 1. The summed E-state index contributed by atoms with van der Waals surface area (Å²) in [4.78, 5) is 7.17. The number of nitrogens with one attached hydrogen (secondary N) is 3. The molecule has 6 nitrogen and oxygen atoms in total. The fourth-order valence-corrected chi connectivity index (χ4v) is 3.01. The Kier molecular flexibility index (Phi) is 9.34. The summed E-state index contributed by atoms with van der Waals surface area (Å²) in [6, 6.07) is 18.3. The predicted octanol–water partition coefficient (Wildman–Crippen LogP) is 3.73. The van der Waals surface area contributed by atoms with Gasteiger partial charge in [0.2, 0.25) is 0 Å². The standard InChI is InChI=1S/C24H34N6S/c1-17(2)15-27-22(25)21(24(31)26-3)23(29-19-9-7-6-8-10-19)28-16-18-11-13-20(14-12-18)30(4)5/h6-14,17,28-29H,15-16H2,1-5H3,(H2,25,27)(H,26,31)/b23-21-. The van der Waals surface area contributed by atoms with Gasteiger partial charge in [-0.1, -0.05) is 56.4 Å². The van der Waals surface area contributed by atoms with E-state index in [1.807, 2.05) is 44.4 Å². The molecule has 2 aromatic carbocycles. The average Bonchev–Trinajstić information content (AvgIpc) is 2.76. The van der Waals surface area contributed by atoms with Gasteiger partial charge >= 0.3 is 0 Å². The van der Waals surface area contributed by atoms with Gasteiger partial charge in [0.1, 0.15) is 16.6 Å². The number of likely N-dealkylation sites (N-methyl/N-ethyl adjacent to an activating group) is 1. The molecular weight excluding hydrogens is 404 g/mol. The van der Waals surface area contributed by atoms with Gasteiger partial charge in [-0.25, -0.2) is 0 Å². The molecule has 166 valence electrons. The number of benzene rings is 2. The topological polar surface area (TPSA) is 77.7 Å². The van der Waals surface area contributed by atoms with Crippen LogP contribution in [0.25, 0.3) is 0 Å². The number of hydrogen-bond acceptors (Lipinski definition) is 5. The number of anilines is 2. The van der Waals surface area contributed by atoms with Crippen molar-refractivity contribution in [3.63, 3.8) is 0 Å². The lowest BCUT2D eigenvalue weighted by Gasteiger charge is -2.20. The highest BCUT2D eigenvalue weighted by Gasteiger charge is 2.16. The third kappa shape index (κ3) is 7.61. The fraction of sp³-hybridized carbons (Fsp3) is 0.333. The van der Waals surface area contributed by atoms with E-state index in [4.69, 9.17) is 18.0 Å². The number of rotatable bonds is 10. The van der Waals surface area contributed by atoms with E-state index in [2.05, 4.69) is 64.0 Å². The summed E-state index contributed by atoms with van der Waals surface area (Å²) in [6.07, 6.45) is 0. The van der Waals surface area contributed by atoms with Crippen molar-refractivity contribution in [2.75, 3.05) is 37.9 Å². The number of nitrogens with two attached hydrogens (primary N) is 1. The highest BCUT2D eigenvalue weighted by Crippen LogP contribution is 2.15. The minimum Gasteiger partial charge on any atom is -0.383 e. The molecule has 31 heavy (non-hydrogen) atoms. The molecule has 0 radical (unpaired) electrons. The molecule has 0 saturated carbocycles. The van der Waals surface area contributed by atoms with Crippen LogP contribution in [0.5, 0.6) is 0 Å². The Morgan fingerprint density at radius 2 is 1.71 bits per heavy atom. The molecule has 5 N–H and O–H groups in total. The minimum atomic E-state index is 0.400. The zero-order valence-electron chi connectivity index (χ0n) is 19.1. The lowest BCUT2D eigenvalue weighted by Crippen LogP contribution is -2.35. The van der Waals surface area contributed by atoms with E-state index in [1.54, 1.807) is 7.05 Å². The second-order valence-electron chi connectivity index (χ2n) is 7.85. The summed E-state index contributed by atoms with van der Waals surface area (Å²) < 4.78 is 0. The van der Waals surface area contributed by atoms with Gasteiger partial charge in [0.25, 0.3) is 0 Å². The Bertz CT molecular complexity index is 901. The predicted molar refractivity (Wildman–Crippen MR) is 138 cm³/mol. The fourth-order valence-electron chi connectivity index (χ4n) is 2.81. The first kappa shape index (κ1) is 24.2. The summed E-state index contributed by atoms with van der Waals surface area (Å²) in [5, 5.41) is 9.96. The summed E-state index contributed by atoms with van der Waals surface area (Å²) in [6.45, 7) is 5.45. The minimum absolute atomic E-state index is 0.400. The average molecular weight is 439 g/mol. The highest BCUT2D eigenvalue weighted by molar-refractivity contribution is 7.80. The first-order valence-electron chi connectivity index (χ1n) is 10.4. The monoisotopic (exact) mass is 438 g/mol. The molecule has 0 fully saturated rings. The normalized spacial score (nSPS) is 12.3. The van der Waals surface area contributed by atoms with E-state index >= 15 is 0 Å². The van der Waals surface area contributed by atoms with Gasteiger partial charge in [-0.05, 0) is 35.7 Å². The molecule has 0 amide bonds. The summed E-state index contributed by atoms with van der Waals surface area (Å²) in [5.74, 6) is 1.52. The zero-order chi connectivity index (χ0) is 22.8. The number of hydrogen-bond donors (Lipinski definition) is 4. The van der Waals surface area contributed by atoms with E-state index in [0.717, 1.165) is 16.9 Å². The van der Waals surface area contributed by atoms with Crippen molar-refractivity contribution >= 4 is 34.4 Å². The maximum absolute atomic E-state index is 6.40. The van der Waals surface area contributed by atoms with E-state index in [0.29, 0.717) is 41.2 Å². The van der Waals surface area contributed by atoms with Crippen molar-refractivity contribution in [2.24, 2.45) is 16.6 Å².